The fraction of sp³-hybridized carbons (Fsp3) is 0.905. The maximum atomic E-state index is 12.4. The molecular formula is C42H80O4. The van der Waals surface area contributed by atoms with E-state index in [2.05, 4.69) is 26.0 Å². The lowest BCUT2D eigenvalue weighted by molar-refractivity contribution is -0.150. The summed E-state index contributed by atoms with van der Waals surface area (Å²) in [4.78, 5) is 22.9. The van der Waals surface area contributed by atoms with Crippen molar-refractivity contribution in [3.63, 3.8) is 0 Å². The van der Waals surface area contributed by atoms with Crippen LogP contribution in [-0.2, 0) is 14.3 Å². The van der Waals surface area contributed by atoms with Gasteiger partial charge in [-0.25, -0.2) is 0 Å². The molecule has 0 spiro atoms. The molecule has 1 atom stereocenters. The first-order valence-electron chi connectivity index (χ1n) is 20.7. The smallest absolute Gasteiger partial charge is 0.306 e. The largest absolute Gasteiger partial charge is 0.481 e. The number of carbonyl (C=O) groups is 2. The average molecular weight is 649 g/mol. The predicted molar refractivity (Wildman–Crippen MR) is 200 cm³/mol. The zero-order valence-corrected chi connectivity index (χ0v) is 31.2. The van der Waals surface area contributed by atoms with Gasteiger partial charge in [-0.2, -0.15) is 0 Å². The van der Waals surface area contributed by atoms with Gasteiger partial charge in [-0.15, -0.1) is 0 Å². The molecular weight excluding hydrogens is 568 g/mol. The van der Waals surface area contributed by atoms with Gasteiger partial charge in [-0.3, -0.25) is 9.59 Å². The van der Waals surface area contributed by atoms with E-state index in [1.165, 1.54) is 167 Å². The van der Waals surface area contributed by atoms with Gasteiger partial charge < -0.3 is 9.84 Å². The number of carbonyl (C=O) groups excluding carboxylic acids is 1. The van der Waals surface area contributed by atoms with Crippen LogP contribution >= 0.6 is 0 Å². The number of carboxylic acids is 1. The third kappa shape index (κ3) is 37.1. The second-order valence-electron chi connectivity index (χ2n) is 14.2. The van der Waals surface area contributed by atoms with E-state index in [0.717, 1.165) is 44.9 Å². The summed E-state index contributed by atoms with van der Waals surface area (Å²) in [6.45, 7) is 4.47. The molecule has 0 aromatic rings. The fourth-order valence-electron chi connectivity index (χ4n) is 6.47. The van der Waals surface area contributed by atoms with Crippen molar-refractivity contribution < 1.29 is 19.4 Å². The van der Waals surface area contributed by atoms with Crippen LogP contribution in [0.5, 0.6) is 0 Å². The molecule has 0 saturated heterocycles. The Morgan fingerprint density at radius 2 is 0.826 bits per heavy atom. The maximum Gasteiger partial charge on any atom is 0.306 e. The summed E-state index contributed by atoms with van der Waals surface area (Å²) in [5.41, 5.74) is 0. The van der Waals surface area contributed by atoms with Gasteiger partial charge in [0.15, 0.2) is 0 Å². The summed E-state index contributed by atoms with van der Waals surface area (Å²) in [6, 6.07) is 0. The Bertz CT molecular complexity index is 658. The lowest BCUT2D eigenvalue weighted by Crippen LogP contribution is -2.18. The molecule has 1 N–H and O–H groups in total. The van der Waals surface area contributed by atoms with Crippen LogP contribution in [0, 0.1) is 0 Å². The van der Waals surface area contributed by atoms with Crippen molar-refractivity contribution >= 4 is 11.9 Å². The Labute approximate surface area is 287 Å². The number of carboxylic acid groups (broad SMARTS) is 1. The van der Waals surface area contributed by atoms with Gasteiger partial charge in [0.25, 0.3) is 0 Å². The van der Waals surface area contributed by atoms with Crippen molar-refractivity contribution in [1.82, 2.24) is 0 Å². The van der Waals surface area contributed by atoms with Crippen LogP contribution in [0.2, 0.25) is 0 Å². The zero-order valence-electron chi connectivity index (χ0n) is 31.2. The minimum atomic E-state index is -0.661. The lowest BCUT2D eigenvalue weighted by atomic mass is 10.0. The van der Waals surface area contributed by atoms with E-state index in [4.69, 9.17) is 9.84 Å². The number of hydrogen-bond acceptors (Lipinski definition) is 3. The van der Waals surface area contributed by atoms with Gasteiger partial charge in [0.2, 0.25) is 0 Å². The summed E-state index contributed by atoms with van der Waals surface area (Å²) in [6.07, 6.45) is 47.4. The fourth-order valence-corrected chi connectivity index (χ4v) is 6.47. The lowest BCUT2D eigenvalue weighted by Gasteiger charge is -2.17. The number of unbranched alkanes of at least 4 members (excludes halogenated alkanes) is 27. The van der Waals surface area contributed by atoms with Crippen molar-refractivity contribution in [3.05, 3.63) is 12.2 Å². The molecule has 0 heterocycles. The highest BCUT2D eigenvalue weighted by molar-refractivity contribution is 5.69. The molecule has 0 saturated carbocycles. The van der Waals surface area contributed by atoms with Gasteiger partial charge in [-0.1, -0.05) is 180 Å². The standard InChI is InChI=1S/C42H80O4/c1-3-5-6-7-8-9-10-11-15-20-23-26-29-32-35-39-42(45)46-40(36-4-2)37-33-30-27-24-21-18-16-13-12-14-17-19-22-25-28-31-34-38-41(43)44/h11,15,40H,3-10,12-14,16-39H2,1-2H3,(H,43,44)/b15-11-. The molecule has 0 aliphatic rings. The van der Waals surface area contributed by atoms with E-state index in [0.29, 0.717) is 12.8 Å². The number of aliphatic carboxylic acids is 1. The first-order valence-corrected chi connectivity index (χ1v) is 20.7. The van der Waals surface area contributed by atoms with Crippen molar-refractivity contribution in [1.29, 1.82) is 0 Å². The quantitative estimate of drug-likeness (QED) is 0.0411. The molecule has 0 rings (SSSR count). The van der Waals surface area contributed by atoms with Gasteiger partial charge in [0.1, 0.15) is 6.10 Å². The molecule has 0 aliphatic carbocycles. The van der Waals surface area contributed by atoms with Crippen LogP contribution in [0.15, 0.2) is 12.2 Å². The molecule has 0 aromatic carbocycles. The second-order valence-corrected chi connectivity index (χ2v) is 14.2. The second kappa shape index (κ2) is 38.1. The number of rotatable bonds is 38. The molecule has 1 unspecified atom stereocenters. The van der Waals surface area contributed by atoms with Crippen LogP contribution in [0.3, 0.4) is 0 Å². The Morgan fingerprint density at radius 1 is 0.457 bits per heavy atom. The van der Waals surface area contributed by atoms with Crippen LogP contribution in [-0.4, -0.2) is 23.1 Å². The van der Waals surface area contributed by atoms with Crippen LogP contribution < -0.4 is 0 Å². The first kappa shape index (κ1) is 44.7. The number of esters is 1. The van der Waals surface area contributed by atoms with Gasteiger partial charge >= 0.3 is 11.9 Å². The Kier molecular flexibility index (Phi) is 37.0. The molecule has 0 fully saturated rings. The summed E-state index contributed by atoms with van der Waals surface area (Å²) < 4.78 is 5.88. The van der Waals surface area contributed by atoms with Crippen molar-refractivity contribution in [2.45, 2.75) is 245 Å². The molecule has 4 heteroatoms. The Morgan fingerprint density at radius 3 is 1.24 bits per heavy atom. The van der Waals surface area contributed by atoms with Crippen molar-refractivity contribution in [3.8, 4) is 0 Å². The third-order valence-electron chi connectivity index (χ3n) is 9.47. The summed E-state index contributed by atoms with van der Waals surface area (Å²) in [5.74, 6) is -0.632. The van der Waals surface area contributed by atoms with Gasteiger partial charge in [0.05, 0.1) is 0 Å². The Hall–Kier alpha value is -1.32. The third-order valence-corrected chi connectivity index (χ3v) is 9.47. The average Bonchev–Trinajstić information content (AvgIpc) is 3.03. The minimum absolute atomic E-state index is 0.0287. The highest BCUT2D eigenvalue weighted by atomic mass is 16.5. The van der Waals surface area contributed by atoms with E-state index in [1.807, 2.05) is 0 Å². The van der Waals surface area contributed by atoms with Crippen molar-refractivity contribution in [2.24, 2.45) is 0 Å². The van der Waals surface area contributed by atoms with Crippen LogP contribution in [0.4, 0.5) is 0 Å². The Balaban J connectivity index is 3.50. The highest BCUT2D eigenvalue weighted by Gasteiger charge is 2.13. The molecule has 272 valence electrons. The van der Waals surface area contributed by atoms with E-state index < -0.39 is 5.97 Å². The molecule has 4 nitrogen and oxygen atoms in total. The minimum Gasteiger partial charge on any atom is -0.481 e. The molecule has 0 aromatic heterocycles. The zero-order chi connectivity index (χ0) is 33.6. The monoisotopic (exact) mass is 649 g/mol. The van der Waals surface area contributed by atoms with E-state index >= 15 is 0 Å². The topological polar surface area (TPSA) is 63.6 Å². The SMILES string of the molecule is CCCCCCCC/C=C\CCCCCCCC(=O)OC(CCC)CCCCCCCCCCCCCCCCCCCC(=O)O. The molecule has 0 amide bonds. The molecule has 46 heavy (non-hydrogen) atoms. The number of hydrogen-bond donors (Lipinski definition) is 1. The molecule has 0 bridgehead atoms. The van der Waals surface area contributed by atoms with E-state index in [-0.39, 0.29) is 12.1 Å². The predicted octanol–water partition coefficient (Wildman–Crippen LogP) is 14.2. The summed E-state index contributed by atoms with van der Waals surface area (Å²) in [5, 5.41) is 8.66. The number of ether oxygens (including phenoxy) is 1. The number of allylic oxidation sites excluding steroid dienone is 2. The summed E-state index contributed by atoms with van der Waals surface area (Å²) >= 11 is 0. The van der Waals surface area contributed by atoms with E-state index in [9.17, 15) is 9.59 Å². The van der Waals surface area contributed by atoms with Crippen LogP contribution in [0.25, 0.3) is 0 Å². The molecule has 0 radical (unpaired) electrons. The molecule has 0 aliphatic heterocycles. The van der Waals surface area contributed by atoms with Crippen molar-refractivity contribution in [2.75, 3.05) is 0 Å². The maximum absolute atomic E-state index is 12.4. The first-order chi connectivity index (χ1) is 22.6. The highest BCUT2D eigenvalue weighted by Crippen LogP contribution is 2.18. The van der Waals surface area contributed by atoms with Crippen LogP contribution in [0.1, 0.15) is 239 Å². The summed E-state index contributed by atoms with van der Waals surface area (Å²) in [7, 11) is 0. The van der Waals surface area contributed by atoms with Gasteiger partial charge in [-0.05, 0) is 57.8 Å². The van der Waals surface area contributed by atoms with Gasteiger partial charge in [0, 0.05) is 12.8 Å². The normalized spacial score (nSPS) is 12.2. The van der Waals surface area contributed by atoms with E-state index in [1.54, 1.807) is 0 Å².